The van der Waals surface area contributed by atoms with Crippen LogP contribution in [0.25, 0.3) is 0 Å². The van der Waals surface area contributed by atoms with E-state index in [9.17, 15) is 10.2 Å². The molecule has 1 aliphatic heterocycles. The molecule has 0 aliphatic carbocycles. The number of benzene rings is 1. The second-order valence-corrected chi connectivity index (χ2v) is 5.15. The van der Waals surface area contributed by atoms with E-state index in [0.29, 0.717) is 5.75 Å². The van der Waals surface area contributed by atoms with E-state index >= 15 is 0 Å². The van der Waals surface area contributed by atoms with E-state index in [0.717, 1.165) is 16.4 Å². The molecule has 0 atom stereocenters. The zero-order chi connectivity index (χ0) is 12.3. The molecular formula is C12H16N2O2S. The van der Waals surface area contributed by atoms with Crippen molar-refractivity contribution in [3.8, 4) is 0 Å². The third-order valence-corrected chi connectivity index (χ3v) is 3.94. The second-order valence-electron chi connectivity index (χ2n) is 4.19. The molecule has 0 fully saturated rings. The lowest BCUT2D eigenvalue weighted by Gasteiger charge is -2.18. The molecule has 92 valence electrons. The van der Waals surface area contributed by atoms with E-state index in [1.165, 1.54) is 11.8 Å². The van der Waals surface area contributed by atoms with Gasteiger partial charge in [0.1, 0.15) is 5.54 Å². The zero-order valence-corrected chi connectivity index (χ0v) is 10.5. The Kier molecular flexibility index (Phi) is 3.71. The monoisotopic (exact) mass is 252 g/mol. The Morgan fingerprint density at radius 2 is 2.06 bits per heavy atom. The number of nitrogens with one attached hydrogen (secondary N) is 1. The third kappa shape index (κ3) is 2.62. The van der Waals surface area contributed by atoms with Gasteiger partial charge in [0.15, 0.2) is 5.17 Å². The smallest absolute Gasteiger partial charge is 0.161 e. The minimum absolute atomic E-state index is 0.130. The molecule has 5 heteroatoms. The van der Waals surface area contributed by atoms with Crippen LogP contribution in [0.4, 0.5) is 5.69 Å². The summed E-state index contributed by atoms with van der Waals surface area (Å²) in [6, 6.07) is 7.95. The van der Waals surface area contributed by atoms with Crippen molar-refractivity contribution in [2.45, 2.75) is 12.5 Å². The van der Waals surface area contributed by atoms with Gasteiger partial charge in [-0.3, -0.25) is 0 Å². The standard InChI is InChI=1S/C12H16N2O2S/c1-9-4-2-3-5-10(9)13-11-14-12(6-15,7-16)8-17-11/h2-5,15-16H,6-8H2,1H3,(H,13,14). The van der Waals surface area contributed by atoms with Crippen molar-refractivity contribution < 1.29 is 10.2 Å². The van der Waals surface area contributed by atoms with E-state index in [1.54, 1.807) is 0 Å². The fourth-order valence-corrected chi connectivity index (χ4v) is 2.68. The maximum atomic E-state index is 9.25. The van der Waals surface area contributed by atoms with Crippen LogP contribution in [0.1, 0.15) is 5.56 Å². The van der Waals surface area contributed by atoms with Gasteiger partial charge in [-0.2, -0.15) is 0 Å². The van der Waals surface area contributed by atoms with E-state index in [2.05, 4.69) is 10.3 Å². The van der Waals surface area contributed by atoms with Crippen LogP contribution in [0.5, 0.6) is 0 Å². The van der Waals surface area contributed by atoms with Gasteiger partial charge in [-0.25, -0.2) is 4.99 Å². The molecule has 0 saturated heterocycles. The van der Waals surface area contributed by atoms with Gasteiger partial charge in [-0.15, -0.1) is 0 Å². The molecule has 1 aromatic rings. The lowest BCUT2D eigenvalue weighted by molar-refractivity contribution is 0.140. The van der Waals surface area contributed by atoms with Crippen LogP contribution in [0, 0.1) is 6.92 Å². The topological polar surface area (TPSA) is 64.9 Å². The van der Waals surface area contributed by atoms with Crippen LogP contribution in [0.2, 0.25) is 0 Å². The Hall–Kier alpha value is -1.04. The molecule has 2 rings (SSSR count). The maximum Gasteiger partial charge on any atom is 0.161 e. The average molecular weight is 252 g/mol. The Morgan fingerprint density at radius 1 is 1.35 bits per heavy atom. The van der Waals surface area contributed by atoms with Crippen molar-refractivity contribution in [1.82, 2.24) is 0 Å². The van der Waals surface area contributed by atoms with Crippen LogP contribution >= 0.6 is 11.8 Å². The lowest BCUT2D eigenvalue weighted by Crippen LogP contribution is -2.36. The van der Waals surface area contributed by atoms with Gasteiger partial charge in [0.05, 0.1) is 13.2 Å². The summed E-state index contributed by atoms with van der Waals surface area (Å²) in [7, 11) is 0. The molecule has 17 heavy (non-hydrogen) atoms. The minimum atomic E-state index is -0.727. The van der Waals surface area contributed by atoms with Gasteiger partial charge in [-0.05, 0) is 18.6 Å². The molecule has 1 heterocycles. The number of aliphatic hydroxyl groups excluding tert-OH is 2. The van der Waals surface area contributed by atoms with Crippen molar-refractivity contribution >= 4 is 22.6 Å². The highest BCUT2D eigenvalue weighted by atomic mass is 32.2. The molecule has 3 N–H and O–H groups in total. The molecule has 0 aromatic heterocycles. The summed E-state index contributed by atoms with van der Waals surface area (Å²) < 4.78 is 0. The van der Waals surface area contributed by atoms with Crippen molar-refractivity contribution in [1.29, 1.82) is 0 Å². The fraction of sp³-hybridized carbons (Fsp3) is 0.417. The largest absolute Gasteiger partial charge is 0.394 e. The SMILES string of the molecule is Cc1ccccc1NC1=NC(CO)(CO)CS1. The first-order chi connectivity index (χ1) is 8.19. The first-order valence-electron chi connectivity index (χ1n) is 5.46. The predicted octanol–water partition coefficient (Wildman–Crippen LogP) is 1.23. The van der Waals surface area contributed by atoms with Gasteiger partial charge in [0.2, 0.25) is 0 Å². The highest BCUT2D eigenvalue weighted by Gasteiger charge is 2.34. The molecule has 4 nitrogen and oxygen atoms in total. The molecule has 0 unspecified atom stereocenters. The Bertz CT molecular complexity index is 430. The number of para-hydroxylation sites is 1. The quantitative estimate of drug-likeness (QED) is 0.757. The number of anilines is 1. The van der Waals surface area contributed by atoms with Crippen molar-refractivity contribution in [3.05, 3.63) is 29.8 Å². The maximum absolute atomic E-state index is 9.25. The summed E-state index contributed by atoms with van der Waals surface area (Å²) in [5.74, 6) is 0.605. The number of hydrogen-bond acceptors (Lipinski definition) is 5. The summed E-state index contributed by atoms with van der Waals surface area (Å²) in [5.41, 5.74) is 1.42. The molecule has 1 aliphatic rings. The summed E-state index contributed by atoms with van der Waals surface area (Å²) in [4.78, 5) is 4.36. The summed E-state index contributed by atoms with van der Waals surface area (Å²) >= 11 is 1.52. The molecule has 1 aromatic carbocycles. The first-order valence-corrected chi connectivity index (χ1v) is 6.45. The number of aliphatic hydroxyl groups is 2. The third-order valence-electron chi connectivity index (χ3n) is 2.79. The van der Waals surface area contributed by atoms with Gasteiger partial charge >= 0.3 is 0 Å². The van der Waals surface area contributed by atoms with Crippen molar-refractivity contribution in [2.75, 3.05) is 24.3 Å². The Labute approximate surface area is 105 Å². The number of rotatable bonds is 3. The van der Waals surface area contributed by atoms with Crippen LogP contribution in [-0.4, -0.2) is 39.9 Å². The summed E-state index contributed by atoms with van der Waals surface area (Å²) in [5, 5.41) is 22.5. The first kappa shape index (κ1) is 12.4. The Morgan fingerprint density at radius 3 is 2.65 bits per heavy atom. The van der Waals surface area contributed by atoms with E-state index in [1.807, 2.05) is 31.2 Å². The summed E-state index contributed by atoms with van der Waals surface area (Å²) in [6.45, 7) is 1.76. The van der Waals surface area contributed by atoms with Crippen LogP contribution in [0.3, 0.4) is 0 Å². The Balaban J connectivity index is 2.14. The minimum Gasteiger partial charge on any atom is -0.394 e. The number of aliphatic imine (C=N–C) groups is 1. The normalized spacial score (nSPS) is 17.9. The number of nitrogens with zero attached hydrogens (tertiary/aromatic N) is 1. The highest BCUT2D eigenvalue weighted by Crippen LogP contribution is 2.28. The average Bonchev–Trinajstić information content (AvgIpc) is 2.76. The molecule has 0 radical (unpaired) electrons. The van der Waals surface area contributed by atoms with Crippen molar-refractivity contribution in [2.24, 2.45) is 4.99 Å². The summed E-state index contributed by atoms with van der Waals surface area (Å²) in [6.07, 6.45) is 0. The predicted molar refractivity (Wildman–Crippen MR) is 71.6 cm³/mol. The van der Waals surface area contributed by atoms with E-state index < -0.39 is 5.54 Å². The number of aryl methyl sites for hydroxylation is 1. The van der Waals surface area contributed by atoms with Gasteiger partial charge < -0.3 is 15.5 Å². The van der Waals surface area contributed by atoms with Crippen LogP contribution in [0.15, 0.2) is 29.3 Å². The lowest BCUT2D eigenvalue weighted by atomic mass is 10.1. The van der Waals surface area contributed by atoms with Gasteiger partial charge in [0, 0.05) is 11.4 Å². The molecular weight excluding hydrogens is 236 g/mol. The van der Waals surface area contributed by atoms with Gasteiger partial charge in [-0.1, -0.05) is 30.0 Å². The highest BCUT2D eigenvalue weighted by molar-refractivity contribution is 8.14. The molecule has 0 bridgehead atoms. The van der Waals surface area contributed by atoms with Crippen LogP contribution in [-0.2, 0) is 0 Å². The van der Waals surface area contributed by atoms with Crippen LogP contribution < -0.4 is 5.32 Å². The molecule has 0 saturated carbocycles. The molecule has 0 amide bonds. The number of thioether (sulfide) groups is 1. The number of hydrogen-bond donors (Lipinski definition) is 3. The zero-order valence-electron chi connectivity index (χ0n) is 9.68. The number of amidine groups is 1. The molecule has 0 spiro atoms. The van der Waals surface area contributed by atoms with Gasteiger partial charge in [0.25, 0.3) is 0 Å². The second kappa shape index (κ2) is 5.08. The fourth-order valence-electron chi connectivity index (χ4n) is 1.59. The van der Waals surface area contributed by atoms with E-state index in [-0.39, 0.29) is 13.2 Å². The van der Waals surface area contributed by atoms with Crippen molar-refractivity contribution in [3.63, 3.8) is 0 Å². The van der Waals surface area contributed by atoms with E-state index in [4.69, 9.17) is 0 Å².